The van der Waals surface area contributed by atoms with Crippen molar-refractivity contribution in [3.05, 3.63) is 11.8 Å². The molecule has 158 valence electrons. The molecule has 8 heteroatoms. The van der Waals surface area contributed by atoms with Crippen molar-refractivity contribution in [3.63, 3.8) is 0 Å². The van der Waals surface area contributed by atoms with E-state index in [-0.39, 0.29) is 30.1 Å². The SMILES string of the molecule is CSc1nc(OC(C(N)=O)C23CC4CC(CC(C4)C2)C3)cc(C2CC(F)(F)C2)n1. The summed E-state index contributed by atoms with van der Waals surface area (Å²) in [5.74, 6) is -1.11. The van der Waals surface area contributed by atoms with Crippen LogP contribution in [0, 0.1) is 23.2 Å². The van der Waals surface area contributed by atoms with Gasteiger partial charge in [-0.1, -0.05) is 11.8 Å². The molecule has 5 saturated carbocycles. The molecule has 1 aromatic rings. The Kier molecular flexibility index (Phi) is 4.57. The number of carbonyl (C=O) groups is 1. The summed E-state index contributed by atoms with van der Waals surface area (Å²) in [5, 5.41) is 0.474. The molecule has 29 heavy (non-hydrogen) atoms. The lowest BCUT2D eigenvalue weighted by atomic mass is 9.48. The van der Waals surface area contributed by atoms with E-state index in [2.05, 4.69) is 9.97 Å². The number of amides is 1. The van der Waals surface area contributed by atoms with Crippen molar-refractivity contribution in [2.24, 2.45) is 28.9 Å². The second kappa shape index (κ2) is 6.79. The summed E-state index contributed by atoms with van der Waals surface area (Å²) in [6.07, 6.45) is 7.42. The number of thioether (sulfide) groups is 1. The minimum Gasteiger partial charge on any atom is -0.464 e. The first-order valence-corrected chi connectivity index (χ1v) is 11.7. The molecule has 0 aromatic carbocycles. The molecule has 1 atom stereocenters. The standard InChI is InChI=1S/C21H27F2N3O2S/c1-29-19-25-15(14-9-21(22,23)10-14)5-16(26-19)28-17(18(24)27)20-6-11-2-12(7-20)4-13(3-11)8-20/h5,11-14,17H,2-4,6-10H2,1H3,(H2,24,27). The monoisotopic (exact) mass is 423 g/mol. The summed E-state index contributed by atoms with van der Waals surface area (Å²) < 4.78 is 32.9. The fourth-order valence-corrected chi connectivity index (χ4v) is 7.13. The number of hydrogen-bond donors (Lipinski definition) is 1. The van der Waals surface area contributed by atoms with E-state index in [1.807, 2.05) is 6.26 Å². The second-order valence-electron chi connectivity index (χ2n) is 9.76. The zero-order chi connectivity index (χ0) is 20.4. The van der Waals surface area contributed by atoms with Crippen molar-refractivity contribution in [2.45, 2.75) is 74.5 Å². The van der Waals surface area contributed by atoms with Crippen LogP contribution < -0.4 is 10.5 Å². The van der Waals surface area contributed by atoms with Crippen LogP contribution in [0.4, 0.5) is 8.78 Å². The minimum absolute atomic E-state index is 0.203. The average Bonchev–Trinajstić information content (AvgIpc) is 2.62. The smallest absolute Gasteiger partial charge is 0.259 e. The molecule has 0 spiro atoms. The van der Waals surface area contributed by atoms with Gasteiger partial charge in [0, 0.05) is 30.2 Å². The van der Waals surface area contributed by atoms with Crippen LogP contribution >= 0.6 is 11.8 Å². The molecule has 1 unspecified atom stereocenters. The summed E-state index contributed by atoms with van der Waals surface area (Å²) in [7, 11) is 0. The van der Waals surface area contributed by atoms with Gasteiger partial charge in [0.05, 0.1) is 5.69 Å². The highest BCUT2D eigenvalue weighted by Gasteiger charge is 2.57. The molecule has 6 rings (SSSR count). The zero-order valence-corrected chi connectivity index (χ0v) is 17.4. The highest BCUT2D eigenvalue weighted by Crippen LogP contribution is 2.61. The Morgan fingerprint density at radius 3 is 2.21 bits per heavy atom. The molecule has 1 amide bonds. The van der Waals surface area contributed by atoms with Crippen molar-refractivity contribution in [2.75, 3.05) is 6.26 Å². The van der Waals surface area contributed by atoms with Crippen LogP contribution in [0.15, 0.2) is 11.2 Å². The lowest BCUT2D eigenvalue weighted by Gasteiger charge is -2.58. The number of halogens is 2. The lowest BCUT2D eigenvalue weighted by molar-refractivity contribution is -0.148. The second-order valence-corrected chi connectivity index (χ2v) is 10.5. The van der Waals surface area contributed by atoms with Gasteiger partial charge in [0.25, 0.3) is 5.91 Å². The summed E-state index contributed by atoms with van der Waals surface area (Å²) in [5.41, 5.74) is 6.19. The molecular formula is C21H27F2N3O2S. The number of nitrogens with two attached hydrogens (primary N) is 1. The largest absolute Gasteiger partial charge is 0.464 e. The van der Waals surface area contributed by atoms with Gasteiger partial charge in [-0.3, -0.25) is 4.79 Å². The third kappa shape index (κ3) is 3.51. The Bertz CT molecular complexity index is 791. The first-order chi connectivity index (χ1) is 13.7. The van der Waals surface area contributed by atoms with Crippen molar-refractivity contribution in [1.82, 2.24) is 9.97 Å². The summed E-state index contributed by atoms with van der Waals surface area (Å²) in [6.45, 7) is 0. The maximum atomic E-state index is 13.4. The predicted octanol–water partition coefficient (Wildman–Crippen LogP) is 4.16. The quantitative estimate of drug-likeness (QED) is 0.549. The van der Waals surface area contributed by atoms with Crippen LogP contribution in [0.1, 0.15) is 63.0 Å². The van der Waals surface area contributed by atoms with Gasteiger partial charge in [0.15, 0.2) is 11.3 Å². The molecule has 1 aromatic heterocycles. The van der Waals surface area contributed by atoms with Crippen molar-refractivity contribution >= 4 is 17.7 Å². The normalized spacial score (nSPS) is 35.9. The third-order valence-corrected chi connectivity index (χ3v) is 8.08. The predicted molar refractivity (Wildman–Crippen MR) is 105 cm³/mol. The molecule has 2 N–H and O–H groups in total. The molecule has 1 heterocycles. The molecule has 4 bridgehead atoms. The third-order valence-electron chi connectivity index (χ3n) is 7.53. The zero-order valence-electron chi connectivity index (χ0n) is 16.6. The van der Waals surface area contributed by atoms with Crippen molar-refractivity contribution < 1.29 is 18.3 Å². The van der Waals surface area contributed by atoms with Crippen molar-refractivity contribution in [1.29, 1.82) is 0 Å². The van der Waals surface area contributed by atoms with E-state index in [9.17, 15) is 13.6 Å². The number of nitrogens with zero attached hydrogens (tertiary/aromatic N) is 2. The molecule has 0 radical (unpaired) electrons. The molecule has 0 saturated heterocycles. The van der Waals surface area contributed by atoms with Crippen molar-refractivity contribution in [3.8, 4) is 5.88 Å². The lowest BCUT2D eigenvalue weighted by Crippen LogP contribution is -2.57. The summed E-state index contributed by atoms with van der Waals surface area (Å²) >= 11 is 1.34. The molecular weight excluding hydrogens is 396 g/mol. The van der Waals surface area contributed by atoms with Gasteiger partial charge in [-0.2, -0.15) is 4.98 Å². The number of primary amides is 1. The number of alkyl halides is 2. The Morgan fingerprint density at radius 2 is 1.72 bits per heavy atom. The Balaban J connectivity index is 1.42. The average molecular weight is 424 g/mol. The minimum atomic E-state index is -2.62. The van der Waals surface area contributed by atoms with Crippen LogP contribution in [-0.2, 0) is 4.79 Å². The van der Waals surface area contributed by atoms with Gasteiger partial charge in [0.2, 0.25) is 11.8 Å². The number of aromatic nitrogens is 2. The van der Waals surface area contributed by atoms with Crippen LogP contribution in [0.3, 0.4) is 0 Å². The first kappa shape index (κ1) is 19.5. The maximum absolute atomic E-state index is 13.4. The number of carbonyl (C=O) groups excluding carboxylic acids is 1. The van der Waals surface area contributed by atoms with Crippen LogP contribution in [0.2, 0.25) is 0 Å². The fraction of sp³-hybridized carbons (Fsp3) is 0.762. The molecule has 5 fully saturated rings. The van der Waals surface area contributed by atoms with Gasteiger partial charge >= 0.3 is 0 Å². The highest BCUT2D eigenvalue weighted by molar-refractivity contribution is 7.98. The molecule has 5 aliphatic carbocycles. The molecule has 5 aliphatic rings. The Hall–Kier alpha value is -1.44. The van der Waals surface area contributed by atoms with Gasteiger partial charge in [0.1, 0.15) is 0 Å². The van der Waals surface area contributed by atoms with E-state index in [1.165, 1.54) is 31.0 Å². The topological polar surface area (TPSA) is 78.1 Å². The van der Waals surface area contributed by atoms with Gasteiger partial charge < -0.3 is 10.5 Å². The maximum Gasteiger partial charge on any atom is 0.259 e. The highest BCUT2D eigenvalue weighted by atomic mass is 32.2. The van der Waals surface area contributed by atoms with E-state index >= 15 is 0 Å². The van der Waals surface area contributed by atoms with Gasteiger partial charge in [-0.25, -0.2) is 13.8 Å². The van der Waals surface area contributed by atoms with Crippen LogP contribution in [0.5, 0.6) is 5.88 Å². The van der Waals surface area contributed by atoms with Crippen LogP contribution in [0.25, 0.3) is 0 Å². The first-order valence-electron chi connectivity index (χ1n) is 10.5. The fourth-order valence-electron chi connectivity index (χ4n) is 6.76. The number of rotatable bonds is 6. The summed E-state index contributed by atoms with van der Waals surface area (Å²) in [4.78, 5) is 21.3. The van der Waals surface area contributed by atoms with E-state index in [1.54, 1.807) is 6.07 Å². The van der Waals surface area contributed by atoms with E-state index < -0.39 is 17.9 Å². The molecule has 5 nitrogen and oxygen atoms in total. The van der Waals surface area contributed by atoms with Crippen LogP contribution in [-0.4, -0.2) is 34.2 Å². The van der Waals surface area contributed by atoms with Gasteiger partial charge in [-0.15, -0.1) is 0 Å². The summed E-state index contributed by atoms with van der Waals surface area (Å²) in [6, 6.07) is 1.63. The Labute approximate surface area is 173 Å². The van der Waals surface area contributed by atoms with Gasteiger partial charge in [-0.05, 0) is 62.5 Å². The van der Waals surface area contributed by atoms with E-state index in [0.29, 0.717) is 28.6 Å². The van der Waals surface area contributed by atoms with E-state index in [0.717, 1.165) is 19.3 Å². The Morgan fingerprint density at radius 1 is 1.14 bits per heavy atom. The number of hydrogen-bond acceptors (Lipinski definition) is 5. The number of ether oxygens (including phenoxy) is 1. The van der Waals surface area contributed by atoms with E-state index in [4.69, 9.17) is 10.5 Å². The molecule has 0 aliphatic heterocycles.